The van der Waals surface area contributed by atoms with Crippen LogP contribution >= 0.6 is 0 Å². The van der Waals surface area contributed by atoms with Crippen LogP contribution in [0.3, 0.4) is 0 Å². The molecule has 0 fully saturated rings. The number of aromatic nitrogens is 2. The number of hydrogen-bond donors (Lipinski definition) is 3. The van der Waals surface area contributed by atoms with Crippen molar-refractivity contribution in [3.05, 3.63) is 119 Å². The number of anilines is 1. The smallest absolute Gasteiger partial charge is 0.231 e. The van der Waals surface area contributed by atoms with E-state index in [0.717, 1.165) is 23.6 Å². The fourth-order valence-electron chi connectivity index (χ4n) is 3.89. The summed E-state index contributed by atoms with van der Waals surface area (Å²) in [6.45, 7) is 1.06. The number of halogens is 3. The molecule has 6 nitrogen and oxygen atoms in total. The van der Waals surface area contributed by atoms with Crippen molar-refractivity contribution in [2.75, 3.05) is 18.4 Å². The van der Waals surface area contributed by atoms with E-state index in [1.54, 1.807) is 18.3 Å². The van der Waals surface area contributed by atoms with Crippen molar-refractivity contribution < 1.29 is 23.1 Å². The van der Waals surface area contributed by atoms with Crippen LogP contribution in [0.1, 0.15) is 28.6 Å². The maximum Gasteiger partial charge on any atom is 0.231 e. The van der Waals surface area contributed by atoms with Gasteiger partial charge in [-0.25, -0.2) is 18.2 Å². The van der Waals surface area contributed by atoms with Gasteiger partial charge in [-0.1, -0.05) is 48.5 Å². The van der Waals surface area contributed by atoms with Crippen molar-refractivity contribution in [2.45, 2.75) is 25.5 Å². The number of carbonyl (C=O) groups is 1. The Bertz CT molecular complexity index is 1330. The van der Waals surface area contributed by atoms with Crippen molar-refractivity contribution in [2.24, 2.45) is 0 Å². The van der Waals surface area contributed by atoms with Gasteiger partial charge in [0.05, 0.1) is 19.1 Å². The molecule has 1 heterocycles. The Morgan fingerprint density at radius 3 is 2.49 bits per heavy atom. The number of carbonyl (C=O) groups excluding carboxylic acids is 1. The predicted molar refractivity (Wildman–Crippen MR) is 134 cm³/mol. The fourth-order valence-corrected chi connectivity index (χ4v) is 3.89. The zero-order valence-corrected chi connectivity index (χ0v) is 20.0. The molecule has 0 aliphatic heterocycles. The van der Waals surface area contributed by atoms with Crippen LogP contribution in [-0.2, 0) is 24.2 Å². The number of benzene rings is 3. The monoisotopic (exact) mass is 508 g/mol. The van der Waals surface area contributed by atoms with Crippen molar-refractivity contribution in [1.29, 1.82) is 0 Å². The van der Waals surface area contributed by atoms with Gasteiger partial charge in [0.1, 0.15) is 5.82 Å². The third kappa shape index (κ3) is 7.05. The van der Waals surface area contributed by atoms with E-state index in [1.807, 2.05) is 42.5 Å². The van der Waals surface area contributed by atoms with Gasteiger partial charge in [-0.3, -0.25) is 4.79 Å². The maximum atomic E-state index is 14.0. The first-order valence-corrected chi connectivity index (χ1v) is 11.9. The largest absolute Gasteiger partial charge is 0.387 e. The Kier molecular flexibility index (Phi) is 8.71. The molecule has 0 saturated heterocycles. The molecule has 0 spiro atoms. The molecule has 4 rings (SSSR count). The Labute approximate surface area is 212 Å². The number of nitrogens with one attached hydrogen (secondary N) is 2. The topological polar surface area (TPSA) is 79.2 Å². The first-order chi connectivity index (χ1) is 17.9. The van der Waals surface area contributed by atoms with E-state index in [9.17, 15) is 23.1 Å². The molecule has 0 unspecified atom stereocenters. The lowest BCUT2D eigenvalue weighted by Crippen LogP contribution is -2.23. The van der Waals surface area contributed by atoms with Crippen LogP contribution in [0.25, 0.3) is 0 Å². The van der Waals surface area contributed by atoms with Gasteiger partial charge in [0, 0.05) is 30.2 Å². The van der Waals surface area contributed by atoms with E-state index in [0.29, 0.717) is 24.6 Å². The van der Waals surface area contributed by atoms with Crippen LogP contribution in [-0.4, -0.2) is 33.7 Å². The number of aliphatic hydroxyl groups excluding tert-OH is 1. The summed E-state index contributed by atoms with van der Waals surface area (Å²) in [5.74, 6) is -3.99. The minimum Gasteiger partial charge on any atom is -0.387 e. The Morgan fingerprint density at radius 2 is 1.73 bits per heavy atom. The van der Waals surface area contributed by atoms with E-state index >= 15 is 0 Å². The highest BCUT2D eigenvalue weighted by Gasteiger charge is 2.16. The molecule has 0 aliphatic rings. The molecule has 0 bridgehead atoms. The van der Waals surface area contributed by atoms with E-state index < -0.39 is 23.6 Å². The lowest BCUT2D eigenvalue weighted by molar-refractivity contribution is -0.115. The Balaban J connectivity index is 1.24. The summed E-state index contributed by atoms with van der Waals surface area (Å²) in [6.07, 6.45) is 3.12. The molecule has 1 amide bonds. The summed E-state index contributed by atoms with van der Waals surface area (Å²) in [4.78, 5) is 16.7. The zero-order chi connectivity index (χ0) is 26.2. The third-order valence-electron chi connectivity index (χ3n) is 5.93. The van der Waals surface area contributed by atoms with Crippen LogP contribution in [0.2, 0.25) is 0 Å². The average Bonchev–Trinajstić information content (AvgIpc) is 3.34. The second-order valence-corrected chi connectivity index (χ2v) is 8.61. The van der Waals surface area contributed by atoms with Crippen molar-refractivity contribution in [3.8, 4) is 0 Å². The molecule has 37 heavy (non-hydrogen) atoms. The fraction of sp³-hybridized carbons (Fsp3) is 0.214. The van der Waals surface area contributed by atoms with Gasteiger partial charge in [-0.2, -0.15) is 0 Å². The molecule has 3 aromatic carbocycles. The highest BCUT2D eigenvalue weighted by atomic mass is 19.2. The summed E-state index contributed by atoms with van der Waals surface area (Å²) in [6, 6.07) is 18.9. The second-order valence-electron chi connectivity index (χ2n) is 8.61. The molecular formula is C28H27F3N4O2. The molecule has 1 atom stereocenters. The van der Waals surface area contributed by atoms with Crippen LogP contribution < -0.4 is 10.6 Å². The summed E-state index contributed by atoms with van der Waals surface area (Å²) >= 11 is 0. The van der Waals surface area contributed by atoms with Gasteiger partial charge < -0.3 is 20.3 Å². The van der Waals surface area contributed by atoms with Crippen LogP contribution in [0.15, 0.2) is 79.1 Å². The Hall–Kier alpha value is -3.95. The standard InChI is InChI=1S/C28H27F3N4O2/c29-23-11-8-21(27(30)28(23)31)18-35-15-14-33-25(35)16-26(37)34-22-9-6-19(7-10-22)12-13-32-17-24(36)20-4-2-1-3-5-20/h1-11,14-15,24,32,36H,12-13,16-18H2,(H,34,37)/t24-/m0/s1. The quantitative estimate of drug-likeness (QED) is 0.207. The zero-order valence-electron chi connectivity index (χ0n) is 20.0. The van der Waals surface area contributed by atoms with Crippen LogP contribution in [0.4, 0.5) is 18.9 Å². The lowest BCUT2D eigenvalue weighted by atomic mass is 10.1. The number of amides is 1. The van der Waals surface area contributed by atoms with Gasteiger partial charge in [-0.15, -0.1) is 0 Å². The minimum absolute atomic E-state index is 0.0433. The van der Waals surface area contributed by atoms with Crippen molar-refractivity contribution in [3.63, 3.8) is 0 Å². The predicted octanol–water partition coefficient (Wildman–Crippen LogP) is 4.40. The van der Waals surface area contributed by atoms with Crippen molar-refractivity contribution in [1.82, 2.24) is 14.9 Å². The van der Waals surface area contributed by atoms with Gasteiger partial charge in [0.2, 0.25) is 5.91 Å². The molecule has 192 valence electrons. The third-order valence-corrected chi connectivity index (χ3v) is 5.93. The SMILES string of the molecule is O=C(Cc1nccn1Cc1ccc(F)c(F)c1F)Nc1ccc(CCNC[C@H](O)c2ccccc2)cc1. The maximum absolute atomic E-state index is 14.0. The molecule has 3 N–H and O–H groups in total. The summed E-state index contributed by atoms with van der Waals surface area (Å²) < 4.78 is 42.3. The highest BCUT2D eigenvalue weighted by molar-refractivity contribution is 5.91. The number of nitrogens with zero attached hydrogens (tertiary/aromatic N) is 2. The molecule has 9 heteroatoms. The molecular weight excluding hydrogens is 481 g/mol. The van der Waals surface area contributed by atoms with Crippen LogP contribution in [0.5, 0.6) is 0 Å². The van der Waals surface area contributed by atoms with E-state index in [1.165, 1.54) is 16.8 Å². The van der Waals surface area contributed by atoms with Crippen molar-refractivity contribution >= 4 is 11.6 Å². The van der Waals surface area contributed by atoms with Gasteiger partial charge in [0.25, 0.3) is 0 Å². The Morgan fingerprint density at radius 1 is 0.973 bits per heavy atom. The number of hydrogen-bond acceptors (Lipinski definition) is 4. The van der Waals surface area contributed by atoms with E-state index in [-0.39, 0.29) is 24.4 Å². The molecule has 4 aromatic rings. The minimum atomic E-state index is -1.53. The van der Waals surface area contributed by atoms with Gasteiger partial charge in [-0.05, 0) is 42.3 Å². The molecule has 0 aliphatic carbocycles. The summed E-state index contributed by atoms with van der Waals surface area (Å²) in [5, 5.41) is 16.2. The number of imidazole rings is 1. The summed E-state index contributed by atoms with van der Waals surface area (Å²) in [7, 11) is 0. The second kappa shape index (κ2) is 12.3. The number of aliphatic hydroxyl groups is 1. The molecule has 0 radical (unpaired) electrons. The molecule has 0 saturated carbocycles. The molecule has 1 aromatic heterocycles. The first-order valence-electron chi connectivity index (χ1n) is 11.9. The number of rotatable bonds is 11. The van der Waals surface area contributed by atoms with E-state index in [4.69, 9.17) is 0 Å². The average molecular weight is 509 g/mol. The lowest BCUT2D eigenvalue weighted by Gasteiger charge is -2.12. The normalized spacial score (nSPS) is 11.9. The van der Waals surface area contributed by atoms with E-state index in [2.05, 4.69) is 15.6 Å². The van der Waals surface area contributed by atoms with Crippen LogP contribution in [0, 0.1) is 17.5 Å². The summed E-state index contributed by atoms with van der Waals surface area (Å²) in [5.41, 5.74) is 2.52. The van der Waals surface area contributed by atoms with Gasteiger partial charge >= 0.3 is 0 Å². The highest BCUT2D eigenvalue weighted by Crippen LogP contribution is 2.17. The van der Waals surface area contributed by atoms with Gasteiger partial charge in [0.15, 0.2) is 17.5 Å². The first kappa shape index (κ1) is 26.1.